The number of carbonyl (C=O) groups excluding carboxylic acids is 4. The summed E-state index contributed by atoms with van der Waals surface area (Å²) in [5, 5.41) is 8.62. The number of hydrogen-bond acceptors (Lipinski definition) is 7. The number of benzene rings is 2. The molecule has 0 aliphatic heterocycles. The lowest BCUT2D eigenvalue weighted by Crippen LogP contribution is -2.46. The van der Waals surface area contributed by atoms with E-state index in [4.69, 9.17) is 25.8 Å². The Morgan fingerprint density at radius 3 is 2.44 bits per heavy atom. The second-order valence-corrected chi connectivity index (χ2v) is 10.1. The highest BCUT2D eigenvalue weighted by molar-refractivity contribution is 6.30. The minimum Gasteiger partial charge on any atom is -0.469 e. The summed E-state index contributed by atoms with van der Waals surface area (Å²) in [4.78, 5) is 49.2. The lowest BCUT2D eigenvalue weighted by Gasteiger charge is -2.23. The molecule has 0 unspecified atom stereocenters. The van der Waals surface area contributed by atoms with Crippen molar-refractivity contribution in [3.05, 3.63) is 64.7 Å². The predicted molar refractivity (Wildman–Crippen MR) is 147 cm³/mol. The van der Waals surface area contributed by atoms with E-state index in [9.17, 15) is 19.2 Å². The monoisotopic (exact) mass is 561 g/mol. The Morgan fingerprint density at radius 1 is 1.00 bits per heavy atom. The third-order valence-corrected chi connectivity index (χ3v) is 5.54. The second-order valence-electron chi connectivity index (χ2n) is 9.70. The van der Waals surface area contributed by atoms with Gasteiger partial charge >= 0.3 is 18.2 Å². The quantitative estimate of drug-likeness (QED) is 0.189. The maximum absolute atomic E-state index is 13.2. The van der Waals surface area contributed by atoms with E-state index < -0.39 is 29.7 Å². The van der Waals surface area contributed by atoms with Crippen molar-refractivity contribution < 1.29 is 33.4 Å². The molecule has 0 aliphatic carbocycles. The number of amides is 3. The fourth-order valence-electron chi connectivity index (χ4n) is 3.46. The van der Waals surface area contributed by atoms with Crippen LogP contribution < -0.4 is 16.0 Å². The molecule has 1 atom stereocenters. The largest absolute Gasteiger partial charge is 0.469 e. The third kappa shape index (κ3) is 12.5. The summed E-state index contributed by atoms with van der Waals surface area (Å²) in [6.45, 7) is 5.44. The number of methoxy groups -OCH3 is 1. The molecule has 0 fully saturated rings. The summed E-state index contributed by atoms with van der Waals surface area (Å²) in [6.07, 6.45) is -0.254. The SMILES string of the molecule is COC(=O)CCc1ccccc1NC(=O)[C@H](CCCNC(=O)OCc1cccc(Cl)c1)NC(=O)OC(C)(C)C. The van der Waals surface area contributed by atoms with Gasteiger partial charge < -0.3 is 30.2 Å². The molecule has 2 aromatic carbocycles. The van der Waals surface area contributed by atoms with Crippen LogP contribution in [0.1, 0.15) is 51.2 Å². The van der Waals surface area contributed by atoms with Gasteiger partial charge in [-0.1, -0.05) is 41.9 Å². The van der Waals surface area contributed by atoms with Crippen LogP contribution in [-0.2, 0) is 36.8 Å². The first-order valence-corrected chi connectivity index (χ1v) is 12.9. The summed E-state index contributed by atoms with van der Waals surface area (Å²) in [5.41, 5.74) is 1.27. The molecule has 0 aromatic heterocycles. The summed E-state index contributed by atoms with van der Waals surface area (Å²) in [7, 11) is 1.32. The first kappa shape index (κ1) is 31.4. The second kappa shape index (κ2) is 15.6. The van der Waals surface area contributed by atoms with Gasteiger partial charge in [-0.15, -0.1) is 0 Å². The van der Waals surface area contributed by atoms with Crippen molar-refractivity contribution in [1.29, 1.82) is 0 Å². The number of alkyl carbamates (subject to hydrolysis) is 2. The molecule has 2 aromatic rings. The Bertz CT molecular complexity index is 1130. The molecule has 39 heavy (non-hydrogen) atoms. The Kier molecular flexibility index (Phi) is 12.6. The summed E-state index contributed by atoms with van der Waals surface area (Å²) in [6, 6.07) is 13.1. The predicted octanol–water partition coefficient (Wildman–Crippen LogP) is 4.98. The topological polar surface area (TPSA) is 132 Å². The van der Waals surface area contributed by atoms with Crippen LogP contribution in [0.3, 0.4) is 0 Å². The first-order chi connectivity index (χ1) is 18.5. The van der Waals surface area contributed by atoms with Crippen molar-refractivity contribution in [2.75, 3.05) is 19.0 Å². The highest BCUT2D eigenvalue weighted by Gasteiger charge is 2.25. The first-order valence-electron chi connectivity index (χ1n) is 12.6. The number of hydrogen-bond donors (Lipinski definition) is 3. The molecule has 0 saturated heterocycles. The molecule has 2 rings (SSSR count). The smallest absolute Gasteiger partial charge is 0.408 e. The van der Waals surface area contributed by atoms with Gasteiger partial charge in [0.25, 0.3) is 0 Å². The van der Waals surface area contributed by atoms with E-state index in [1.165, 1.54) is 7.11 Å². The van der Waals surface area contributed by atoms with Gasteiger partial charge in [-0.2, -0.15) is 0 Å². The van der Waals surface area contributed by atoms with Gasteiger partial charge in [-0.3, -0.25) is 9.59 Å². The van der Waals surface area contributed by atoms with Crippen LogP contribution in [0, 0.1) is 0 Å². The van der Waals surface area contributed by atoms with Crippen LogP contribution in [0.5, 0.6) is 0 Å². The molecule has 0 heterocycles. The van der Waals surface area contributed by atoms with Crippen LogP contribution in [0.15, 0.2) is 48.5 Å². The lowest BCUT2D eigenvalue weighted by atomic mass is 10.1. The maximum Gasteiger partial charge on any atom is 0.408 e. The van der Waals surface area contributed by atoms with Crippen LogP contribution in [0.25, 0.3) is 0 Å². The van der Waals surface area contributed by atoms with Gasteiger partial charge in [0.2, 0.25) is 5.91 Å². The number of anilines is 1. The van der Waals surface area contributed by atoms with Gasteiger partial charge in [0.05, 0.1) is 7.11 Å². The normalized spacial score (nSPS) is 11.6. The highest BCUT2D eigenvalue weighted by atomic mass is 35.5. The number of nitrogens with one attached hydrogen (secondary N) is 3. The summed E-state index contributed by atoms with van der Waals surface area (Å²) >= 11 is 5.94. The van der Waals surface area contributed by atoms with E-state index in [-0.39, 0.29) is 32.0 Å². The zero-order valence-electron chi connectivity index (χ0n) is 22.7. The number of para-hydroxylation sites is 1. The standard InChI is InChI=1S/C28H36ClN3O7/c1-28(2,3)39-27(36)32-23(13-8-16-30-26(35)38-18-19-9-7-11-21(29)17-19)25(34)31-22-12-6-5-10-20(22)14-15-24(33)37-4/h5-7,9-12,17,23H,8,13-16,18H2,1-4H3,(H,30,35)(H,31,34)(H,32,36)/t23-/m0/s1. The number of esters is 1. The summed E-state index contributed by atoms with van der Waals surface area (Å²) in [5.74, 6) is -0.825. The Balaban J connectivity index is 1.96. The van der Waals surface area contributed by atoms with Crippen molar-refractivity contribution in [1.82, 2.24) is 10.6 Å². The average Bonchev–Trinajstić information content (AvgIpc) is 2.87. The Morgan fingerprint density at radius 2 is 1.74 bits per heavy atom. The van der Waals surface area contributed by atoms with Crippen molar-refractivity contribution in [3.8, 4) is 0 Å². The molecule has 3 amide bonds. The minimum atomic E-state index is -0.946. The third-order valence-electron chi connectivity index (χ3n) is 5.31. The highest BCUT2D eigenvalue weighted by Crippen LogP contribution is 2.18. The maximum atomic E-state index is 13.2. The molecule has 0 aliphatic rings. The molecule has 0 spiro atoms. The van der Waals surface area contributed by atoms with E-state index >= 15 is 0 Å². The van der Waals surface area contributed by atoms with E-state index in [0.29, 0.717) is 23.6 Å². The van der Waals surface area contributed by atoms with Crippen LogP contribution in [0.2, 0.25) is 5.02 Å². The Labute approximate surface area is 233 Å². The van der Waals surface area contributed by atoms with Gasteiger partial charge in [0, 0.05) is 23.7 Å². The zero-order chi connectivity index (χ0) is 28.8. The van der Waals surface area contributed by atoms with Crippen molar-refractivity contribution >= 4 is 41.4 Å². The number of aryl methyl sites for hydroxylation is 1. The molecular formula is C28H36ClN3O7. The van der Waals surface area contributed by atoms with E-state index in [0.717, 1.165) is 11.1 Å². The fraction of sp³-hybridized carbons (Fsp3) is 0.429. The van der Waals surface area contributed by atoms with Gasteiger partial charge in [-0.25, -0.2) is 9.59 Å². The van der Waals surface area contributed by atoms with Crippen LogP contribution in [-0.4, -0.2) is 49.4 Å². The van der Waals surface area contributed by atoms with Gasteiger partial charge in [0.1, 0.15) is 18.2 Å². The van der Waals surface area contributed by atoms with Crippen molar-refractivity contribution in [2.24, 2.45) is 0 Å². The molecule has 10 nitrogen and oxygen atoms in total. The number of halogens is 1. The van der Waals surface area contributed by atoms with Crippen LogP contribution >= 0.6 is 11.6 Å². The molecule has 0 bridgehead atoms. The average molecular weight is 562 g/mol. The number of rotatable bonds is 12. The van der Waals surface area contributed by atoms with E-state index in [1.807, 2.05) is 0 Å². The molecule has 11 heteroatoms. The molecule has 3 N–H and O–H groups in total. The van der Waals surface area contributed by atoms with Crippen LogP contribution in [0.4, 0.5) is 15.3 Å². The molecule has 212 valence electrons. The molecule has 0 saturated carbocycles. The number of ether oxygens (including phenoxy) is 3. The fourth-order valence-corrected chi connectivity index (χ4v) is 3.67. The minimum absolute atomic E-state index is 0.0625. The lowest BCUT2D eigenvalue weighted by molar-refractivity contribution is -0.140. The zero-order valence-corrected chi connectivity index (χ0v) is 23.4. The van der Waals surface area contributed by atoms with Crippen molar-refractivity contribution in [2.45, 2.75) is 64.7 Å². The van der Waals surface area contributed by atoms with Gasteiger partial charge in [-0.05, 0) is 69.4 Å². The summed E-state index contributed by atoms with van der Waals surface area (Å²) < 4.78 is 15.2. The van der Waals surface area contributed by atoms with E-state index in [2.05, 4.69) is 16.0 Å². The number of carbonyl (C=O) groups is 4. The van der Waals surface area contributed by atoms with Crippen molar-refractivity contribution in [3.63, 3.8) is 0 Å². The Hall–Kier alpha value is -3.79. The van der Waals surface area contributed by atoms with E-state index in [1.54, 1.807) is 69.3 Å². The molecule has 0 radical (unpaired) electrons. The van der Waals surface area contributed by atoms with Gasteiger partial charge in [0.15, 0.2) is 0 Å². The molecular weight excluding hydrogens is 526 g/mol.